The highest BCUT2D eigenvalue weighted by atomic mass is 35.5. The summed E-state index contributed by atoms with van der Waals surface area (Å²) in [6, 6.07) is 7.83. The average Bonchev–Trinajstić information content (AvgIpc) is 2.49. The van der Waals surface area contributed by atoms with E-state index in [0.717, 1.165) is 51.0 Å². The molecule has 0 bridgehead atoms. The van der Waals surface area contributed by atoms with Gasteiger partial charge in [0.05, 0.1) is 5.69 Å². The van der Waals surface area contributed by atoms with Crippen molar-refractivity contribution in [1.82, 2.24) is 10.2 Å². The van der Waals surface area contributed by atoms with E-state index in [4.69, 9.17) is 0 Å². The van der Waals surface area contributed by atoms with Crippen molar-refractivity contribution in [2.45, 2.75) is 18.9 Å². The summed E-state index contributed by atoms with van der Waals surface area (Å²) in [6.07, 6.45) is 2.50. The maximum Gasteiger partial charge on any atom is 0.146 e. The smallest absolute Gasteiger partial charge is 0.146 e. The molecular formula is C15H25Cl3FN3. The number of hydrogen-bond donors (Lipinski definition) is 1. The van der Waals surface area contributed by atoms with Gasteiger partial charge in [-0.15, -0.1) is 37.2 Å². The molecule has 0 atom stereocenters. The molecule has 0 spiro atoms. The van der Waals surface area contributed by atoms with Crippen LogP contribution < -0.4 is 10.2 Å². The van der Waals surface area contributed by atoms with Crippen LogP contribution >= 0.6 is 37.2 Å². The summed E-state index contributed by atoms with van der Waals surface area (Å²) in [5.41, 5.74) is 0.757. The van der Waals surface area contributed by atoms with Crippen molar-refractivity contribution < 1.29 is 4.39 Å². The van der Waals surface area contributed by atoms with Gasteiger partial charge >= 0.3 is 0 Å². The third-order valence-corrected chi connectivity index (χ3v) is 4.33. The highest BCUT2D eigenvalue weighted by Gasteiger charge is 2.25. The lowest BCUT2D eigenvalue weighted by Gasteiger charge is -2.41. The van der Waals surface area contributed by atoms with Crippen molar-refractivity contribution in [3.8, 4) is 0 Å². The molecule has 128 valence electrons. The van der Waals surface area contributed by atoms with E-state index in [9.17, 15) is 4.39 Å². The Kier molecular flexibility index (Phi) is 10.4. The SMILES string of the molecule is Cl.Cl.Cl.Fc1ccccc1N1CCN(C2CCNCC2)CC1. The molecule has 0 amide bonds. The van der Waals surface area contributed by atoms with E-state index in [0.29, 0.717) is 0 Å². The fraction of sp³-hybridized carbons (Fsp3) is 0.600. The number of benzene rings is 1. The topological polar surface area (TPSA) is 18.5 Å². The largest absolute Gasteiger partial charge is 0.367 e. The Morgan fingerprint density at radius 1 is 0.909 bits per heavy atom. The van der Waals surface area contributed by atoms with Gasteiger partial charge in [-0.2, -0.15) is 0 Å². The van der Waals surface area contributed by atoms with Crippen LogP contribution in [0.25, 0.3) is 0 Å². The number of rotatable bonds is 2. The van der Waals surface area contributed by atoms with E-state index in [2.05, 4.69) is 15.1 Å². The molecule has 3 rings (SSSR count). The maximum atomic E-state index is 13.8. The minimum Gasteiger partial charge on any atom is -0.367 e. The fourth-order valence-electron chi connectivity index (χ4n) is 3.21. The second-order valence-corrected chi connectivity index (χ2v) is 5.46. The van der Waals surface area contributed by atoms with Crippen LogP contribution in [0.5, 0.6) is 0 Å². The molecule has 1 N–H and O–H groups in total. The number of nitrogens with one attached hydrogen (secondary N) is 1. The predicted molar refractivity (Wildman–Crippen MR) is 97.8 cm³/mol. The minimum atomic E-state index is -0.0992. The van der Waals surface area contributed by atoms with Crippen LogP contribution in [0.3, 0.4) is 0 Å². The van der Waals surface area contributed by atoms with Gasteiger partial charge in [-0.05, 0) is 38.1 Å². The molecule has 22 heavy (non-hydrogen) atoms. The third-order valence-electron chi connectivity index (χ3n) is 4.33. The molecule has 2 heterocycles. The Labute approximate surface area is 150 Å². The van der Waals surface area contributed by atoms with E-state index in [-0.39, 0.29) is 43.0 Å². The summed E-state index contributed by atoms with van der Waals surface area (Å²) in [4.78, 5) is 4.76. The van der Waals surface area contributed by atoms with Crippen LogP contribution in [-0.2, 0) is 0 Å². The van der Waals surface area contributed by atoms with Crippen LogP contribution in [0.15, 0.2) is 24.3 Å². The number of anilines is 1. The van der Waals surface area contributed by atoms with E-state index in [1.54, 1.807) is 12.1 Å². The Hall–Kier alpha value is -0.260. The zero-order valence-corrected chi connectivity index (χ0v) is 15.0. The number of halogens is 4. The molecule has 2 saturated heterocycles. The third kappa shape index (κ3) is 5.14. The van der Waals surface area contributed by atoms with E-state index in [1.165, 1.54) is 12.8 Å². The molecule has 0 aliphatic carbocycles. The molecule has 2 aliphatic heterocycles. The van der Waals surface area contributed by atoms with E-state index >= 15 is 0 Å². The number of piperidine rings is 1. The Balaban J connectivity index is 0.00000147. The van der Waals surface area contributed by atoms with E-state index < -0.39 is 0 Å². The van der Waals surface area contributed by atoms with Gasteiger partial charge in [-0.3, -0.25) is 4.90 Å². The molecule has 2 fully saturated rings. The second-order valence-electron chi connectivity index (χ2n) is 5.46. The zero-order chi connectivity index (χ0) is 13.1. The summed E-state index contributed by atoms with van der Waals surface area (Å²) in [7, 11) is 0. The molecule has 7 heteroatoms. The highest BCUT2D eigenvalue weighted by molar-refractivity contribution is 5.86. The summed E-state index contributed by atoms with van der Waals surface area (Å²) in [5.74, 6) is -0.0992. The standard InChI is InChI=1S/C15H22FN3.3ClH/c16-14-3-1-2-4-15(14)19-11-9-18(10-12-19)13-5-7-17-8-6-13;;;/h1-4,13,17H,5-12H2;3*1H. The van der Waals surface area contributed by atoms with Crippen LogP contribution in [0.4, 0.5) is 10.1 Å². The van der Waals surface area contributed by atoms with Crippen molar-refractivity contribution in [1.29, 1.82) is 0 Å². The van der Waals surface area contributed by atoms with Gasteiger partial charge in [0, 0.05) is 32.2 Å². The number of para-hydroxylation sites is 1. The predicted octanol–water partition coefficient (Wildman–Crippen LogP) is 2.97. The first-order valence-corrected chi connectivity index (χ1v) is 7.29. The lowest BCUT2D eigenvalue weighted by molar-refractivity contribution is 0.153. The van der Waals surface area contributed by atoms with Crippen LogP contribution in [0.2, 0.25) is 0 Å². The summed E-state index contributed by atoms with van der Waals surface area (Å²) in [5, 5.41) is 3.41. The van der Waals surface area contributed by atoms with Crippen molar-refractivity contribution in [3.05, 3.63) is 30.1 Å². The Morgan fingerprint density at radius 3 is 2.09 bits per heavy atom. The summed E-state index contributed by atoms with van der Waals surface area (Å²) >= 11 is 0. The molecule has 0 saturated carbocycles. The van der Waals surface area contributed by atoms with Crippen molar-refractivity contribution in [2.75, 3.05) is 44.2 Å². The van der Waals surface area contributed by atoms with Gasteiger partial charge in [0.1, 0.15) is 5.82 Å². The summed E-state index contributed by atoms with van der Waals surface area (Å²) in [6.45, 7) is 6.25. The lowest BCUT2D eigenvalue weighted by atomic mass is 10.0. The highest BCUT2D eigenvalue weighted by Crippen LogP contribution is 2.22. The number of piperazine rings is 1. The first kappa shape index (κ1) is 21.7. The zero-order valence-electron chi connectivity index (χ0n) is 12.5. The molecule has 2 aliphatic rings. The molecule has 1 aromatic rings. The number of hydrogen-bond acceptors (Lipinski definition) is 3. The van der Waals surface area contributed by atoms with Gasteiger partial charge in [-0.25, -0.2) is 4.39 Å². The molecule has 0 aromatic heterocycles. The first-order chi connectivity index (χ1) is 9.34. The van der Waals surface area contributed by atoms with Gasteiger partial charge in [0.2, 0.25) is 0 Å². The Bertz CT molecular complexity index is 422. The van der Waals surface area contributed by atoms with Crippen LogP contribution in [0, 0.1) is 5.82 Å². The van der Waals surface area contributed by atoms with Crippen LogP contribution in [-0.4, -0.2) is 50.2 Å². The summed E-state index contributed by atoms with van der Waals surface area (Å²) < 4.78 is 13.8. The molecular weight excluding hydrogens is 348 g/mol. The van der Waals surface area contributed by atoms with Gasteiger partial charge < -0.3 is 10.2 Å². The minimum absolute atomic E-state index is 0. The van der Waals surface area contributed by atoms with Gasteiger partial charge in [-0.1, -0.05) is 12.1 Å². The second kappa shape index (κ2) is 10.5. The fourth-order valence-corrected chi connectivity index (χ4v) is 3.21. The molecule has 0 unspecified atom stereocenters. The van der Waals surface area contributed by atoms with Crippen molar-refractivity contribution >= 4 is 42.9 Å². The normalized spacial score (nSPS) is 19.6. The number of nitrogens with zero attached hydrogens (tertiary/aromatic N) is 2. The van der Waals surface area contributed by atoms with E-state index in [1.807, 2.05) is 12.1 Å². The van der Waals surface area contributed by atoms with Crippen molar-refractivity contribution in [2.24, 2.45) is 0 Å². The van der Waals surface area contributed by atoms with Crippen molar-refractivity contribution in [3.63, 3.8) is 0 Å². The molecule has 0 radical (unpaired) electrons. The van der Waals surface area contributed by atoms with Gasteiger partial charge in [0.25, 0.3) is 0 Å². The first-order valence-electron chi connectivity index (χ1n) is 7.29. The lowest BCUT2D eigenvalue weighted by Crippen LogP contribution is -2.53. The maximum absolute atomic E-state index is 13.8. The van der Waals surface area contributed by atoms with Crippen LogP contribution in [0.1, 0.15) is 12.8 Å². The Morgan fingerprint density at radius 2 is 1.50 bits per heavy atom. The molecule has 1 aromatic carbocycles. The van der Waals surface area contributed by atoms with Gasteiger partial charge in [0.15, 0.2) is 0 Å². The average molecular weight is 373 g/mol. The quantitative estimate of drug-likeness (QED) is 0.861. The molecule has 3 nitrogen and oxygen atoms in total. The monoisotopic (exact) mass is 371 g/mol.